The molecule has 0 amide bonds. The second-order valence-corrected chi connectivity index (χ2v) is 4.72. The van der Waals surface area contributed by atoms with Crippen molar-refractivity contribution in [2.75, 3.05) is 12.4 Å². The fourth-order valence-electron chi connectivity index (χ4n) is 1.29. The van der Waals surface area contributed by atoms with E-state index in [9.17, 15) is 5.11 Å². The Bertz CT molecular complexity index is 292. The second-order valence-electron chi connectivity index (χ2n) is 3.68. The maximum Gasteiger partial charge on any atom is 0.116 e. The monoisotopic (exact) mass is 225 g/mol. The van der Waals surface area contributed by atoms with Crippen LogP contribution < -0.4 is 5.32 Å². The van der Waals surface area contributed by atoms with Crippen LogP contribution in [0.5, 0.6) is 0 Å². The zero-order valence-electron chi connectivity index (χ0n) is 8.47. The van der Waals surface area contributed by atoms with Gasteiger partial charge in [-0.2, -0.15) is 0 Å². The summed E-state index contributed by atoms with van der Waals surface area (Å²) in [4.78, 5) is 7.98. The molecule has 1 aromatic heterocycles. The molecule has 1 atom stereocenters. The lowest BCUT2D eigenvalue weighted by Crippen LogP contribution is -2.36. The van der Waals surface area contributed by atoms with E-state index in [1.54, 1.807) is 24.3 Å². The van der Waals surface area contributed by atoms with Crippen molar-refractivity contribution in [1.82, 2.24) is 15.3 Å². The molecule has 2 N–H and O–H groups in total. The Balaban J connectivity index is 1.75. The fourth-order valence-corrected chi connectivity index (χ4v) is 2.14. The van der Waals surface area contributed by atoms with Crippen LogP contribution in [0.4, 0.5) is 0 Å². The van der Waals surface area contributed by atoms with Gasteiger partial charge in [0.25, 0.3) is 0 Å². The molecule has 0 aliphatic heterocycles. The van der Waals surface area contributed by atoms with E-state index < -0.39 is 0 Å². The van der Waals surface area contributed by atoms with E-state index in [1.807, 2.05) is 6.07 Å². The maximum atomic E-state index is 9.17. The molecule has 1 fully saturated rings. The molecular weight excluding hydrogens is 210 g/mol. The number of nitrogens with one attached hydrogen (secondary N) is 1. The van der Waals surface area contributed by atoms with Gasteiger partial charge in [0.05, 0.1) is 11.6 Å². The van der Waals surface area contributed by atoms with E-state index in [1.165, 1.54) is 12.8 Å². The van der Waals surface area contributed by atoms with Crippen molar-refractivity contribution < 1.29 is 5.11 Å². The van der Waals surface area contributed by atoms with Crippen molar-refractivity contribution in [2.45, 2.75) is 30.0 Å². The van der Waals surface area contributed by atoms with Gasteiger partial charge in [-0.3, -0.25) is 0 Å². The summed E-state index contributed by atoms with van der Waals surface area (Å²) in [5, 5.41) is 13.5. The van der Waals surface area contributed by atoms with Crippen LogP contribution in [0.25, 0.3) is 0 Å². The van der Waals surface area contributed by atoms with Crippen LogP contribution in [0.3, 0.4) is 0 Å². The summed E-state index contributed by atoms with van der Waals surface area (Å²) in [6.45, 7) is 0.189. The number of aliphatic hydroxyl groups is 1. The summed E-state index contributed by atoms with van der Waals surface area (Å²) in [5.74, 6) is 0.851. The lowest BCUT2D eigenvalue weighted by atomic mass is 10.3. The quantitative estimate of drug-likeness (QED) is 0.551. The summed E-state index contributed by atoms with van der Waals surface area (Å²) in [7, 11) is 0. The van der Waals surface area contributed by atoms with Crippen LogP contribution in [0.15, 0.2) is 23.6 Å². The number of hydrogen-bond acceptors (Lipinski definition) is 5. The van der Waals surface area contributed by atoms with Gasteiger partial charge in [0, 0.05) is 24.0 Å². The van der Waals surface area contributed by atoms with Crippen LogP contribution in [-0.2, 0) is 0 Å². The van der Waals surface area contributed by atoms with E-state index in [4.69, 9.17) is 0 Å². The molecule has 0 bridgehead atoms. The van der Waals surface area contributed by atoms with Crippen molar-refractivity contribution >= 4 is 11.8 Å². The fraction of sp³-hybridized carbons (Fsp3) is 0.600. The molecule has 0 saturated heterocycles. The van der Waals surface area contributed by atoms with Crippen molar-refractivity contribution in [3.63, 3.8) is 0 Å². The van der Waals surface area contributed by atoms with Gasteiger partial charge in [0.2, 0.25) is 0 Å². The van der Waals surface area contributed by atoms with Crippen LogP contribution in [0.1, 0.15) is 12.8 Å². The molecule has 0 spiro atoms. The molecule has 1 heterocycles. The first-order valence-corrected chi connectivity index (χ1v) is 6.13. The Morgan fingerprint density at radius 1 is 1.60 bits per heavy atom. The topological polar surface area (TPSA) is 58.0 Å². The predicted octanol–water partition coefficient (Wildman–Crippen LogP) is 0.682. The van der Waals surface area contributed by atoms with E-state index in [-0.39, 0.29) is 12.6 Å². The van der Waals surface area contributed by atoms with Crippen LogP contribution in [0, 0.1) is 0 Å². The van der Waals surface area contributed by atoms with Crippen LogP contribution in [0.2, 0.25) is 0 Å². The lowest BCUT2D eigenvalue weighted by molar-refractivity contribution is 0.253. The number of aliphatic hydroxyl groups excluding tert-OH is 1. The number of nitrogens with zero attached hydrogens (tertiary/aromatic N) is 2. The highest BCUT2D eigenvalue weighted by Crippen LogP contribution is 2.21. The molecule has 0 radical (unpaired) electrons. The molecule has 1 aromatic rings. The second kappa shape index (κ2) is 5.44. The molecule has 2 rings (SSSR count). The minimum Gasteiger partial charge on any atom is -0.395 e. The zero-order valence-corrected chi connectivity index (χ0v) is 9.28. The zero-order chi connectivity index (χ0) is 10.5. The highest BCUT2D eigenvalue weighted by atomic mass is 32.2. The molecule has 1 saturated carbocycles. The van der Waals surface area contributed by atoms with Gasteiger partial charge in [-0.1, -0.05) is 0 Å². The third kappa shape index (κ3) is 3.77. The maximum absolute atomic E-state index is 9.17. The highest BCUT2D eigenvalue weighted by molar-refractivity contribution is 7.99. The van der Waals surface area contributed by atoms with E-state index in [0.29, 0.717) is 6.04 Å². The van der Waals surface area contributed by atoms with Gasteiger partial charge >= 0.3 is 0 Å². The van der Waals surface area contributed by atoms with Crippen molar-refractivity contribution in [2.24, 2.45) is 0 Å². The minimum atomic E-state index is 0.178. The van der Waals surface area contributed by atoms with Gasteiger partial charge in [-0.25, -0.2) is 9.97 Å². The number of hydrogen-bond donors (Lipinski definition) is 2. The number of thioether (sulfide) groups is 1. The molecule has 4 nitrogen and oxygen atoms in total. The number of rotatable bonds is 6. The highest BCUT2D eigenvalue weighted by Gasteiger charge is 2.24. The lowest BCUT2D eigenvalue weighted by Gasteiger charge is -2.14. The van der Waals surface area contributed by atoms with Crippen molar-refractivity contribution in [3.8, 4) is 0 Å². The van der Waals surface area contributed by atoms with Crippen molar-refractivity contribution in [3.05, 3.63) is 18.6 Å². The summed E-state index contributed by atoms with van der Waals surface area (Å²) in [6.07, 6.45) is 5.77. The summed E-state index contributed by atoms with van der Waals surface area (Å²) in [5.41, 5.74) is 0. The van der Waals surface area contributed by atoms with Gasteiger partial charge in [-0.05, 0) is 18.9 Å². The van der Waals surface area contributed by atoms with E-state index >= 15 is 0 Å². The first kappa shape index (κ1) is 10.9. The summed E-state index contributed by atoms with van der Waals surface area (Å²) >= 11 is 1.65. The summed E-state index contributed by atoms with van der Waals surface area (Å²) < 4.78 is 0. The van der Waals surface area contributed by atoms with Gasteiger partial charge in [0.15, 0.2) is 0 Å². The Labute approximate surface area is 93.5 Å². The summed E-state index contributed by atoms with van der Waals surface area (Å²) in [6, 6.07) is 2.70. The number of aromatic nitrogens is 2. The average molecular weight is 225 g/mol. The molecule has 5 heteroatoms. The molecule has 1 aliphatic rings. The SMILES string of the molecule is OCC(CSc1ccncn1)NC1CC1. The standard InChI is InChI=1S/C10H15N3OS/c14-5-9(13-8-1-2-8)6-15-10-3-4-11-7-12-10/h3-4,7-9,13-14H,1-2,5-6H2. The molecular formula is C10H15N3OS. The van der Waals surface area contributed by atoms with Gasteiger partial charge < -0.3 is 10.4 Å². The predicted molar refractivity (Wildman–Crippen MR) is 59.8 cm³/mol. The van der Waals surface area contributed by atoms with Crippen LogP contribution >= 0.6 is 11.8 Å². The normalized spacial score (nSPS) is 17.7. The van der Waals surface area contributed by atoms with Crippen molar-refractivity contribution in [1.29, 1.82) is 0 Å². The molecule has 15 heavy (non-hydrogen) atoms. The Kier molecular flexibility index (Phi) is 3.94. The van der Waals surface area contributed by atoms with Gasteiger partial charge in [-0.15, -0.1) is 11.8 Å². The average Bonchev–Trinajstić information content (AvgIpc) is 3.09. The Morgan fingerprint density at radius 3 is 3.07 bits per heavy atom. The Hall–Kier alpha value is -0.650. The smallest absolute Gasteiger partial charge is 0.116 e. The first-order chi connectivity index (χ1) is 7.38. The Morgan fingerprint density at radius 2 is 2.47 bits per heavy atom. The van der Waals surface area contributed by atoms with Gasteiger partial charge in [0.1, 0.15) is 6.33 Å². The third-order valence-electron chi connectivity index (χ3n) is 2.26. The molecule has 1 unspecified atom stereocenters. The largest absolute Gasteiger partial charge is 0.395 e. The van der Waals surface area contributed by atoms with E-state index in [2.05, 4.69) is 15.3 Å². The van der Waals surface area contributed by atoms with E-state index in [0.717, 1.165) is 10.8 Å². The molecule has 0 aromatic carbocycles. The minimum absolute atomic E-state index is 0.178. The molecule has 82 valence electrons. The third-order valence-corrected chi connectivity index (χ3v) is 3.36. The first-order valence-electron chi connectivity index (χ1n) is 5.14. The molecule has 1 aliphatic carbocycles. The van der Waals surface area contributed by atoms with Crippen LogP contribution in [-0.4, -0.2) is 39.5 Å².